The molecule has 0 atom stereocenters. The van der Waals surface area contributed by atoms with Crippen molar-refractivity contribution < 1.29 is 4.79 Å². The number of halogens is 1. The molecule has 126 valence electrons. The lowest BCUT2D eigenvalue weighted by atomic mass is 10.3. The normalized spacial score (nSPS) is 15.3. The van der Waals surface area contributed by atoms with Crippen molar-refractivity contribution in [3.8, 4) is 0 Å². The van der Waals surface area contributed by atoms with Crippen LogP contribution >= 0.6 is 11.6 Å². The summed E-state index contributed by atoms with van der Waals surface area (Å²) in [4.78, 5) is 25.2. The summed E-state index contributed by atoms with van der Waals surface area (Å²) in [6, 6.07) is 7.40. The van der Waals surface area contributed by atoms with E-state index < -0.39 is 0 Å². The van der Waals surface area contributed by atoms with Crippen molar-refractivity contribution in [3.05, 3.63) is 47.4 Å². The van der Waals surface area contributed by atoms with E-state index in [-0.39, 0.29) is 5.91 Å². The maximum atomic E-state index is 12.5. The number of carbonyl (C=O) groups is 1. The third-order valence-electron chi connectivity index (χ3n) is 4.11. The lowest BCUT2D eigenvalue weighted by molar-refractivity contribution is 0.0637. The Hall–Kier alpha value is -2.18. The van der Waals surface area contributed by atoms with Gasteiger partial charge in [-0.05, 0) is 18.7 Å². The van der Waals surface area contributed by atoms with Crippen LogP contribution in [-0.2, 0) is 0 Å². The topological polar surface area (TPSA) is 61.4 Å². The second-order valence-corrected chi connectivity index (χ2v) is 6.03. The minimum atomic E-state index is -0.0671. The van der Waals surface area contributed by atoms with Gasteiger partial charge in [0.1, 0.15) is 11.5 Å². The summed E-state index contributed by atoms with van der Waals surface area (Å²) in [5.74, 6) is 0.484. The number of piperazine rings is 1. The van der Waals surface area contributed by atoms with E-state index in [0.29, 0.717) is 16.5 Å². The van der Waals surface area contributed by atoms with Crippen LogP contribution in [0.15, 0.2) is 36.7 Å². The molecule has 0 radical (unpaired) electrons. The number of likely N-dealkylation sites (N-methyl/N-ethyl adjacent to an activating group) is 1. The van der Waals surface area contributed by atoms with Crippen molar-refractivity contribution in [1.82, 2.24) is 19.8 Å². The van der Waals surface area contributed by atoms with Gasteiger partial charge < -0.3 is 15.1 Å². The van der Waals surface area contributed by atoms with Gasteiger partial charge in [-0.2, -0.15) is 0 Å². The number of benzene rings is 1. The molecule has 1 aromatic heterocycles. The fourth-order valence-electron chi connectivity index (χ4n) is 2.63. The molecular weight excluding hydrogens is 326 g/mol. The van der Waals surface area contributed by atoms with Crippen LogP contribution < -0.4 is 5.32 Å². The molecule has 0 unspecified atom stereocenters. The van der Waals surface area contributed by atoms with Gasteiger partial charge in [-0.15, -0.1) is 0 Å². The number of hydrogen-bond donors (Lipinski definition) is 1. The summed E-state index contributed by atoms with van der Waals surface area (Å²) in [6.45, 7) is 6.42. The Morgan fingerprint density at radius 1 is 1.17 bits per heavy atom. The van der Waals surface area contributed by atoms with Crippen molar-refractivity contribution >= 4 is 29.0 Å². The van der Waals surface area contributed by atoms with Gasteiger partial charge >= 0.3 is 0 Å². The van der Waals surface area contributed by atoms with E-state index in [1.807, 2.05) is 23.1 Å². The molecule has 0 aliphatic carbocycles. The van der Waals surface area contributed by atoms with Crippen molar-refractivity contribution in [2.24, 2.45) is 0 Å². The highest BCUT2D eigenvalue weighted by Gasteiger charge is 2.22. The Balaban J connectivity index is 1.64. The third-order valence-corrected chi connectivity index (χ3v) is 4.44. The van der Waals surface area contributed by atoms with E-state index in [0.717, 1.165) is 38.4 Å². The summed E-state index contributed by atoms with van der Waals surface area (Å²) >= 11 is 6.11. The minimum Gasteiger partial charge on any atom is -0.338 e. The fourth-order valence-corrected chi connectivity index (χ4v) is 2.82. The van der Waals surface area contributed by atoms with Gasteiger partial charge in [0.05, 0.1) is 23.1 Å². The summed E-state index contributed by atoms with van der Waals surface area (Å²) < 4.78 is 0. The molecule has 1 aromatic carbocycles. The van der Waals surface area contributed by atoms with Crippen molar-refractivity contribution in [3.63, 3.8) is 0 Å². The number of para-hydroxylation sites is 1. The van der Waals surface area contributed by atoms with Crippen LogP contribution in [-0.4, -0.2) is 58.4 Å². The molecule has 0 spiro atoms. The number of amides is 1. The summed E-state index contributed by atoms with van der Waals surface area (Å²) in [5.41, 5.74) is 1.12. The molecule has 24 heavy (non-hydrogen) atoms. The molecule has 0 bridgehead atoms. The standard InChI is InChI=1S/C17H20ClN5O/c1-2-22-7-9-23(10-8-22)17(24)15-11-20-16(12-19-15)21-14-6-4-3-5-13(14)18/h3-6,11-12H,2,7-10H2,1H3,(H,20,21). The first-order valence-corrected chi connectivity index (χ1v) is 8.40. The van der Waals surface area contributed by atoms with Crippen molar-refractivity contribution in [2.45, 2.75) is 6.92 Å². The first-order chi connectivity index (χ1) is 11.7. The molecule has 0 saturated carbocycles. The summed E-state index contributed by atoms with van der Waals surface area (Å²) in [6.07, 6.45) is 3.06. The van der Waals surface area contributed by atoms with Crippen LogP contribution in [0.2, 0.25) is 5.02 Å². The lowest BCUT2D eigenvalue weighted by Crippen LogP contribution is -2.48. The van der Waals surface area contributed by atoms with Crippen LogP contribution in [0.1, 0.15) is 17.4 Å². The highest BCUT2D eigenvalue weighted by atomic mass is 35.5. The molecule has 1 amide bonds. The first kappa shape index (κ1) is 16.7. The van der Waals surface area contributed by atoms with Gasteiger partial charge in [0.25, 0.3) is 5.91 Å². The molecule has 1 fully saturated rings. The maximum absolute atomic E-state index is 12.5. The van der Waals surface area contributed by atoms with Gasteiger partial charge in [0.2, 0.25) is 0 Å². The van der Waals surface area contributed by atoms with E-state index in [1.54, 1.807) is 12.3 Å². The van der Waals surface area contributed by atoms with Crippen LogP contribution in [0.4, 0.5) is 11.5 Å². The molecular formula is C17H20ClN5O. The van der Waals surface area contributed by atoms with Gasteiger partial charge in [0.15, 0.2) is 0 Å². The second-order valence-electron chi connectivity index (χ2n) is 5.62. The molecule has 2 heterocycles. The summed E-state index contributed by atoms with van der Waals surface area (Å²) in [5, 5.41) is 3.70. The third kappa shape index (κ3) is 3.83. The van der Waals surface area contributed by atoms with E-state index >= 15 is 0 Å². The SMILES string of the molecule is CCN1CCN(C(=O)c2cnc(Nc3ccccc3Cl)cn2)CC1. The number of anilines is 2. The van der Waals surface area contributed by atoms with Crippen LogP contribution in [0.5, 0.6) is 0 Å². The van der Waals surface area contributed by atoms with Crippen LogP contribution in [0, 0.1) is 0 Å². The Morgan fingerprint density at radius 2 is 1.92 bits per heavy atom. The smallest absolute Gasteiger partial charge is 0.274 e. The van der Waals surface area contributed by atoms with Gasteiger partial charge in [0, 0.05) is 26.2 Å². The molecule has 1 saturated heterocycles. The molecule has 1 aliphatic rings. The van der Waals surface area contributed by atoms with E-state index in [4.69, 9.17) is 11.6 Å². The number of aromatic nitrogens is 2. The molecule has 3 rings (SSSR count). The second kappa shape index (κ2) is 7.59. The van der Waals surface area contributed by atoms with Crippen LogP contribution in [0.25, 0.3) is 0 Å². The maximum Gasteiger partial charge on any atom is 0.274 e. The average molecular weight is 346 g/mol. The zero-order chi connectivity index (χ0) is 16.9. The Labute approximate surface area is 146 Å². The van der Waals surface area contributed by atoms with Crippen LogP contribution in [0.3, 0.4) is 0 Å². The number of nitrogens with zero attached hydrogens (tertiary/aromatic N) is 4. The molecule has 7 heteroatoms. The summed E-state index contributed by atoms with van der Waals surface area (Å²) in [7, 11) is 0. The quantitative estimate of drug-likeness (QED) is 0.923. The van der Waals surface area contributed by atoms with Gasteiger partial charge in [-0.25, -0.2) is 9.97 Å². The molecule has 1 aliphatic heterocycles. The number of rotatable bonds is 4. The monoisotopic (exact) mass is 345 g/mol. The number of carbonyl (C=O) groups excluding carboxylic acids is 1. The Bertz CT molecular complexity index is 698. The van der Waals surface area contributed by atoms with Gasteiger partial charge in [-0.3, -0.25) is 4.79 Å². The Kier molecular flexibility index (Phi) is 5.27. The van der Waals surface area contributed by atoms with Gasteiger partial charge in [-0.1, -0.05) is 30.7 Å². The lowest BCUT2D eigenvalue weighted by Gasteiger charge is -2.33. The minimum absolute atomic E-state index is 0.0671. The van der Waals surface area contributed by atoms with E-state index in [2.05, 4.69) is 27.1 Å². The first-order valence-electron chi connectivity index (χ1n) is 8.02. The highest BCUT2D eigenvalue weighted by Crippen LogP contribution is 2.23. The fraction of sp³-hybridized carbons (Fsp3) is 0.353. The highest BCUT2D eigenvalue weighted by molar-refractivity contribution is 6.33. The predicted molar refractivity (Wildman–Crippen MR) is 94.8 cm³/mol. The average Bonchev–Trinajstić information content (AvgIpc) is 2.64. The molecule has 1 N–H and O–H groups in total. The van der Waals surface area contributed by atoms with Crippen molar-refractivity contribution in [1.29, 1.82) is 0 Å². The zero-order valence-electron chi connectivity index (χ0n) is 13.6. The van der Waals surface area contributed by atoms with E-state index in [9.17, 15) is 4.79 Å². The van der Waals surface area contributed by atoms with Crippen molar-refractivity contribution in [2.75, 3.05) is 38.0 Å². The number of hydrogen-bond acceptors (Lipinski definition) is 5. The molecule has 2 aromatic rings. The zero-order valence-corrected chi connectivity index (χ0v) is 14.3. The molecule has 6 nitrogen and oxygen atoms in total. The van der Waals surface area contributed by atoms with E-state index in [1.165, 1.54) is 6.20 Å². The largest absolute Gasteiger partial charge is 0.338 e. The Morgan fingerprint density at radius 3 is 2.54 bits per heavy atom. The number of nitrogens with one attached hydrogen (secondary N) is 1. The predicted octanol–water partition coefficient (Wildman–Crippen LogP) is 2.65.